The summed E-state index contributed by atoms with van der Waals surface area (Å²) < 4.78 is 0. The van der Waals surface area contributed by atoms with Crippen molar-refractivity contribution in [2.24, 2.45) is 63.1 Å². The molecule has 2 N–H and O–H groups in total. The van der Waals surface area contributed by atoms with Crippen molar-refractivity contribution in [3.8, 4) is 0 Å². The summed E-state index contributed by atoms with van der Waals surface area (Å²) >= 11 is 0. The van der Waals surface area contributed by atoms with Crippen LogP contribution in [0.25, 0.3) is 0 Å². The summed E-state index contributed by atoms with van der Waals surface area (Å²) in [6.45, 7) is 15.0. The van der Waals surface area contributed by atoms with Gasteiger partial charge < -0.3 is 10.2 Å². The second-order valence-electron chi connectivity index (χ2n) is 14.3. The standard InChI is InChI=1S/C29H48O3/c1-17-7-8-19(25(31)32)18-11-15-28(5)20(24(17)18)9-10-22-27(4)14-13-23(30)26(2,3)21(27)12-16-29(22,28)6/h17-24,30H,7-16H2,1-6H3,(H,31,32)/t17-,18+,19+,20-,21-,22-,23-,24+,27-,28+,29+/m0/s1. The predicted molar refractivity (Wildman–Crippen MR) is 128 cm³/mol. The van der Waals surface area contributed by atoms with Gasteiger partial charge >= 0.3 is 5.97 Å². The summed E-state index contributed by atoms with van der Waals surface area (Å²) in [7, 11) is 0. The SMILES string of the molecule is C[C@H]1CC[C@@H](C(=O)O)[C@H]2CC[C@]3(C)[C@@H](CC[C@H]4[C@@]5(C)CC[C@H](O)C(C)(C)[C@@H]5CC[C@]43C)[C@@H]21. The van der Waals surface area contributed by atoms with E-state index >= 15 is 0 Å². The monoisotopic (exact) mass is 444 g/mol. The number of carboxylic acid groups (broad SMARTS) is 1. The Morgan fingerprint density at radius 1 is 0.781 bits per heavy atom. The fourth-order valence-electron chi connectivity index (χ4n) is 11.5. The molecule has 0 amide bonds. The topological polar surface area (TPSA) is 57.5 Å². The van der Waals surface area contributed by atoms with Crippen molar-refractivity contribution in [1.29, 1.82) is 0 Å². The first-order chi connectivity index (χ1) is 14.9. The lowest BCUT2D eigenvalue weighted by Crippen LogP contribution is -2.66. The van der Waals surface area contributed by atoms with Crippen molar-refractivity contribution >= 4 is 5.97 Å². The molecule has 0 bridgehead atoms. The minimum absolute atomic E-state index is 0.0103. The van der Waals surface area contributed by atoms with Gasteiger partial charge in [-0.05, 0) is 121 Å². The lowest BCUT2D eigenvalue weighted by molar-refractivity contribution is -0.248. The van der Waals surface area contributed by atoms with Crippen LogP contribution in [0.5, 0.6) is 0 Å². The van der Waals surface area contributed by atoms with Gasteiger partial charge in [0.15, 0.2) is 0 Å². The Kier molecular flexibility index (Phi) is 5.23. The number of aliphatic hydroxyl groups excluding tert-OH is 1. The molecule has 3 nitrogen and oxygen atoms in total. The maximum Gasteiger partial charge on any atom is 0.306 e. The third kappa shape index (κ3) is 2.78. The highest BCUT2D eigenvalue weighted by Crippen LogP contribution is 2.75. The minimum atomic E-state index is -0.536. The Hall–Kier alpha value is -0.570. The summed E-state index contributed by atoms with van der Waals surface area (Å²) in [4.78, 5) is 12.1. The molecule has 5 aliphatic carbocycles. The number of aliphatic hydroxyl groups is 1. The van der Waals surface area contributed by atoms with Crippen LogP contribution in [0.15, 0.2) is 0 Å². The number of carbonyl (C=O) groups is 1. The number of rotatable bonds is 1. The van der Waals surface area contributed by atoms with Crippen LogP contribution >= 0.6 is 0 Å². The highest BCUT2D eigenvalue weighted by molar-refractivity contribution is 5.70. The van der Waals surface area contributed by atoms with Gasteiger partial charge in [-0.2, -0.15) is 0 Å². The fourth-order valence-corrected chi connectivity index (χ4v) is 11.5. The third-order valence-electron chi connectivity index (χ3n) is 13.3. The van der Waals surface area contributed by atoms with Gasteiger partial charge in [0.05, 0.1) is 12.0 Å². The fraction of sp³-hybridized carbons (Fsp3) is 0.966. The van der Waals surface area contributed by atoms with Crippen molar-refractivity contribution < 1.29 is 15.0 Å². The first-order valence-electron chi connectivity index (χ1n) is 13.8. The Balaban J connectivity index is 1.51. The van der Waals surface area contributed by atoms with Gasteiger partial charge in [-0.15, -0.1) is 0 Å². The van der Waals surface area contributed by atoms with E-state index in [4.69, 9.17) is 0 Å². The Morgan fingerprint density at radius 3 is 2.16 bits per heavy atom. The molecule has 0 unspecified atom stereocenters. The van der Waals surface area contributed by atoms with Gasteiger partial charge in [0, 0.05) is 0 Å². The lowest BCUT2D eigenvalue weighted by Gasteiger charge is -2.73. The van der Waals surface area contributed by atoms with Gasteiger partial charge in [-0.25, -0.2) is 0 Å². The van der Waals surface area contributed by atoms with Crippen molar-refractivity contribution in [1.82, 2.24) is 0 Å². The van der Waals surface area contributed by atoms with E-state index in [9.17, 15) is 15.0 Å². The second-order valence-corrected chi connectivity index (χ2v) is 14.3. The molecule has 182 valence electrons. The van der Waals surface area contributed by atoms with Gasteiger partial charge in [-0.1, -0.05) is 41.5 Å². The number of aliphatic carboxylic acids is 1. The van der Waals surface area contributed by atoms with Crippen LogP contribution in [0, 0.1) is 63.1 Å². The van der Waals surface area contributed by atoms with E-state index < -0.39 is 5.97 Å². The predicted octanol–water partition coefficient (Wildman–Crippen LogP) is 6.78. The summed E-state index contributed by atoms with van der Waals surface area (Å²) in [6, 6.07) is 0. The molecule has 0 aliphatic heterocycles. The molecule has 3 heteroatoms. The number of carboxylic acids is 1. The van der Waals surface area contributed by atoms with Gasteiger partial charge in [0.25, 0.3) is 0 Å². The van der Waals surface area contributed by atoms with Gasteiger partial charge in [0.2, 0.25) is 0 Å². The van der Waals surface area contributed by atoms with Crippen LogP contribution in [0.4, 0.5) is 0 Å². The van der Waals surface area contributed by atoms with E-state index in [1.54, 1.807) is 0 Å². The molecule has 0 aromatic rings. The molecule has 11 atom stereocenters. The van der Waals surface area contributed by atoms with Gasteiger partial charge in [0.1, 0.15) is 0 Å². The van der Waals surface area contributed by atoms with Crippen LogP contribution in [-0.2, 0) is 4.79 Å². The molecule has 0 saturated heterocycles. The minimum Gasteiger partial charge on any atom is -0.481 e. The molecule has 0 aromatic carbocycles. The Labute approximate surface area is 196 Å². The molecule has 5 rings (SSSR count). The van der Waals surface area contributed by atoms with Crippen molar-refractivity contribution in [2.75, 3.05) is 0 Å². The van der Waals surface area contributed by atoms with E-state index in [0.717, 1.165) is 31.6 Å². The maximum absolute atomic E-state index is 12.1. The first-order valence-corrected chi connectivity index (χ1v) is 13.8. The molecule has 5 fully saturated rings. The zero-order valence-corrected chi connectivity index (χ0v) is 21.5. The molecule has 0 aromatic heterocycles. The molecule has 5 saturated carbocycles. The van der Waals surface area contributed by atoms with E-state index in [0.29, 0.717) is 45.8 Å². The van der Waals surface area contributed by atoms with E-state index in [1.807, 2.05) is 0 Å². The smallest absolute Gasteiger partial charge is 0.306 e. The second kappa shape index (κ2) is 7.22. The van der Waals surface area contributed by atoms with Crippen molar-refractivity contribution in [3.63, 3.8) is 0 Å². The van der Waals surface area contributed by atoms with Crippen LogP contribution < -0.4 is 0 Å². The molecule has 0 radical (unpaired) electrons. The Bertz CT molecular complexity index is 774. The normalized spacial score (nSPS) is 56.8. The zero-order chi connectivity index (χ0) is 23.3. The molecule has 0 spiro atoms. The number of hydrogen-bond donors (Lipinski definition) is 2. The van der Waals surface area contributed by atoms with E-state index in [1.165, 1.54) is 38.5 Å². The largest absolute Gasteiger partial charge is 0.481 e. The zero-order valence-electron chi connectivity index (χ0n) is 21.5. The molecule has 5 aliphatic rings. The molecular formula is C29H48O3. The summed E-state index contributed by atoms with van der Waals surface area (Å²) in [5.74, 6) is 3.03. The number of hydrogen-bond acceptors (Lipinski definition) is 2. The average Bonchev–Trinajstić information content (AvgIpc) is 2.71. The van der Waals surface area contributed by atoms with E-state index in [-0.39, 0.29) is 17.4 Å². The highest BCUT2D eigenvalue weighted by Gasteiger charge is 2.69. The quantitative estimate of drug-likeness (QED) is 0.469. The first kappa shape index (κ1) is 23.2. The van der Waals surface area contributed by atoms with Crippen LogP contribution in [0.1, 0.15) is 106 Å². The molecular weight excluding hydrogens is 396 g/mol. The lowest BCUT2D eigenvalue weighted by atomic mass is 9.32. The summed E-state index contributed by atoms with van der Waals surface area (Å²) in [5.41, 5.74) is 0.985. The van der Waals surface area contributed by atoms with Crippen LogP contribution in [0.2, 0.25) is 0 Å². The summed E-state index contributed by atoms with van der Waals surface area (Å²) in [5, 5.41) is 20.8. The maximum atomic E-state index is 12.1. The van der Waals surface area contributed by atoms with Crippen LogP contribution in [-0.4, -0.2) is 22.3 Å². The average molecular weight is 445 g/mol. The van der Waals surface area contributed by atoms with Crippen LogP contribution in [0.3, 0.4) is 0 Å². The summed E-state index contributed by atoms with van der Waals surface area (Å²) in [6.07, 6.45) is 11.4. The third-order valence-corrected chi connectivity index (χ3v) is 13.3. The van der Waals surface area contributed by atoms with Crippen molar-refractivity contribution in [2.45, 2.75) is 112 Å². The number of fused-ring (bicyclic) bond motifs is 7. The Morgan fingerprint density at radius 2 is 1.47 bits per heavy atom. The van der Waals surface area contributed by atoms with Gasteiger partial charge in [-0.3, -0.25) is 4.79 Å². The van der Waals surface area contributed by atoms with Crippen molar-refractivity contribution in [3.05, 3.63) is 0 Å². The molecule has 0 heterocycles. The highest BCUT2D eigenvalue weighted by atomic mass is 16.4. The van der Waals surface area contributed by atoms with E-state index in [2.05, 4.69) is 41.5 Å². The molecule has 32 heavy (non-hydrogen) atoms.